The molecule has 0 aliphatic rings. The van der Waals surface area contributed by atoms with Crippen molar-refractivity contribution in [3.05, 3.63) is 59.7 Å². The van der Waals surface area contributed by atoms with E-state index in [1.165, 1.54) is 10.6 Å². The maximum absolute atomic E-state index is 12.3. The molecule has 0 aliphatic carbocycles. The van der Waals surface area contributed by atoms with E-state index >= 15 is 0 Å². The zero-order valence-corrected chi connectivity index (χ0v) is 18.3. The summed E-state index contributed by atoms with van der Waals surface area (Å²) in [6.07, 6.45) is 1.86. The van der Waals surface area contributed by atoms with Crippen molar-refractivity contribution in [1.29, 1.82) is 0 Å². The van der Waals surface area contributed by atoms with Crippen LogP contribution in [0, 0.1) is 13.8 Å². The Morgan fingerprint density at radius 1 is 1.10 bits per heavy atom. The fourth-order valence-corrected chi connectivity index (χ4v) is 4.00. The summed E-state index contributed by atoms with van der Waals surface area (Å²) < 4.78 is 31.6. The molecule has 7 heteroatoms. The van der Waals surface area contributed by atoms with E-state index in [4.69, 9.17) is 4.74 Å². The Hall–Kier alpha value is -2.54. The molecule has 0 spiro atoms. The number of rotatable bonds is 10. The number of benzene rings is 2. The Morgan fingerprint density at radius 3 is 2.45 bits per heavy atom. The third kappa shape index (κ3) is 7.09. The number of nitrogens with one attached hydrogen (secondary N) is 1. The number of carbonyl (C=O) groups is 1. The normalized spacial score (nSPS) is 12.3. The largest absolute Gasteiger partial charge is 0.491 e. The van der Waals surface area contributed by atoms with Crippen molar-refractivity contribution in [3.63, 3.8) is 0 Å². The summed E-state index contributed by atoms with van der Waals surface area (Å²) in [5, 5.41) is 2.89. The summed E-state index contributed by atoms with van der Waals surface area (Å²) in [7, 11) is -3.44. The predicted molar refractivity (Wildman–Crippen MR) is 117 cm³/mol. The number of hydrogen-bond acceptors (Lipinski definition) is 4. The molecule has 0 unspecified atom stereocenters. The topological polar surface area (TPSA) is 75.7 Å². The molecule has 0 saturated heterocycles. The van der Waals surface area contributed by atoms with Crippen LogP contribution < -0.4 is 14.4 Å². The minimum Gasteiger partial charge on any atom is -0.491 e. The van der Waals surface area contributed by atoms with E-state index in [2.05, 4.69) is 5.32 Å². The second-order valence-electron chi connectivity index (χ2n) is 7.25. The molecule has 0 aromatic heterocycles. The molecule has 0 heterocycles. The van der Waals surface area contributed by atoms with Crippen LogP contribution in [0.3, 0.4) is 0 Å². The van der Waals surface area contributed by atoms with Gasteiger partial charge in [-0.3, -0.25) is 9.10 Å². The lowest BCUT2D eigenvalue weighted by molar-refractivity contribution is -0.121. The molecular formula is C22H30N2O4S. The van der Waals surface area contributed by atoms with Crippen LogP contribution in [0.1, 0.15) is 30.9 Å². The van der Waals surface area contributed by atoms with Crippen molar-refractivity contribution in [2.75, 3.05) is 23.7 Å². The van der Waals surface area contributed by atoms with E-state index in [1.807, 2.05) is 63.2 Å². The Balaban J connectivity index is 1.85. The van der Waals surface area contributed by atoms with Crippen molar-refractivity contribution >= 4 is 21.6 Å². The number of carbonyl (C=O) groups excluding carboxylic acids is 1. The maximum Gasteiger partial charge on any atom is 0.232 e. The summed E-state index contributed by atoms with van der Waals surface area (Å²) in [4.78, 5) is 12.2. The number of hydrogen-bond donors (Lipinski definition) is 1. The summed E-state index contributed by atoms with van der Waals surface area (Å²) >= 11 is 0. The highest BCUT2D eigenvalue weighted by atomic mass is 32.2. The summed E-state index contributed by atoms with van der Waals surface area (Å²) in [6, 6.07) is 14.9. The number of anilines is 1. The second kappa shape index (κ2) is 10.3. The monoisotopic (exact) mass is 418 g/mol. The standard InChI is InChI=1S/C22H30N2O4S/c1-17-10-8-13-21(19(17)3)24(29(4,26)27)15-9-14-22(25)23-18(2)16-28-20-11-6-5-7-12-20/h5-8,10-13,18H,9,14-16H2,1-4H3,(H,23,25)/t18-/m0/s1. The molecule has 29 heavy (non-hydrogen) atoms. The molecule has 0 aliphatic heterocycles. The van der Waals surface area contributed by atoms with Gasteiger partial charge in [0, 0.05) is 13.0 Å². The molecule has 1 amide bonds. The number of aryl methyl sites for hydroxylation is 1. The highest BCUT2D eigenvalue weighted by Gasteiger charge is 2.20. The van der Waals surface area contributed by atoms with Gasteiger partial charge in [-0.15, -0.1) is 0 Å². The third-order valence-electron chi connectivity index (χ3n) is 4.66. The van der Waals surface area contributed by atoms with E-state index in [0.29, 0.717) is 18.7 Å². The van der Waals surface area contributed by atoms with Crippen LogP contribution in [0.15, 0.2) is 48.5 Å². The smallest absolute Gasteiger partial charge is 0.232 e. The fourth-order valence-electron chi connectivity index (χ4n) is 2.98. The van der Waals surface area contributed by atoms with Crippen molar-refractivity contribution in [1.82, 2.24) is 5.32 Å². The van der Waals surface area contributed by atoms with Crippen LogP contribution in [0.5, 0.6) is 5.75 Å². The molecule has 158 valence electrons. The molecule has 0 bridgehead atoms. The van der Waals surface area contributed by atoms with Gasteiger partial charge in [0.05, 0.1) is 18.0 Å². The summed E-state index contributed by atoms with van der Waals surface area (Å²) in [5.41, 5.74) is 2.62. The number of amides is 1. The van der Waals surface area contributed by atoms with Gasteiger partial charge in [-0.05, 0) is 56.5 Å². The first kappa shape index (κ1) is 22.7. The molecule has 2 aromatic rings. The van der Waals surface area contributed by atoms with Crippen molar-refractivity contribution in [2.24, 2.45) is 0 Å². The number of nitrogens with zero attached hydrogens (tertiary/aromatic N) is 1. The maximum atomic E-state index is 12.3. The minimum absolute atomic E-state index is 0.122. The molecule has 0 fully saturated rings. The Bertz CT molecular complexity index is 914. The van der Waals surface area contributed by atoms with Crippen LogP contribution in [-0.2, 0) is 14.8 Å². The first-order valence-corrected chi connectivity index (χ1v) is 11.5. The molecule has 1 atom stereocenters. The zero-order chi connectivity index (χ0) is 21.4. The number of sulfonamides is 1. The average Bonchev–Trinajstić information content (AvgIpc) is 2.66. The second-order valence-corrected chi connectivity index (χ2v) is 9.16. The summed E-state index contributed by atoms with van der Waals surface area (Å²) in [6.45, 7) is 6.36. The SMILES string of the molecule is Cc1cccc(N(CCCC(=O)N[C@@H](C)COc2ccccc2)S(C)(=O)=O)c1C. The number of ether oxygens (including phenoxy) is 1. The predicted octanol–water partition coefficient (Wildman–Crippen LogP) is 3.43. The first-order chi connectivity index (χ1) is 13.7. The van der Waals surface area contributed by atoms with Gasteiger partial charge in [0.15, 0.2) is 0 Å². The van der Waals surface area contributed by atoms with E-state index in [0.717, 1.165) is 16.9 Å². The van der Waals surface area contributed by atoms with Gasteiger partial charge in [0.2, 0.25) is 15.9 Å². The quantitative estimate of drug-likeness (QED) is 0.641. The first-order valence-electron chi connectivity index (χ1n) is 9.69. The van der Waals surface area contributed by atoms with Crippen molar-refractivity contribution < 1.29 is 17.9 Å². The van der Waals surface area contributed by atoms with Gasteiger partial charge in [-0.2, -0.15) is 0 Å². The molecular weight excluding hydrogens is 388 g/mol. The highest BCUT2D eigenvalue weighted by molar-refractivity contribution is 7.92. The lowest BCUT2D eigenvalue weighted by Gasteiger charge is -2.25. The van der Waals surface area contributed by atoms with E-state index in [9.17, 15) is 13.2 Å². The van der Waals surface area contributed by atoms with Gasteiger partial charge in [-0.25, -0.2) is 8.42 Å². The fraction of sp³-hybridized carbons (Fsp3) is 0.409. The van der Waals surface area contributed by atoms with Gasteiger partial charge in [0.25, 0.3) is 0 Å². The summed E-state index contributed by atoms with van der Waals surface area (Å²) in [5.74, 6) is 0.634. The minimum atomic E-state index is -3.44. The molecule has 0 saturated carbocycles. The van der Waals surface area contributed by atoms with Crippen LogP contribution in [0.25, 0.3) is 0 Å². The molecule has 2 rings (SSSR count). The molecule has 2 aromatic carbocycles. The van der Waals surface area contributed by atoms with Crippen LogP contribution in [0.4, 0.5) is 5.69 Å². The average molecular weight is 419 g/mol. The molecule has 6 nitrogen and oxygen atoms in total. The zero-order valence-electron chi connectivity index (χ0n) is 17.5. The van der Waals surface area contributed by atoms with Crippen LogP contribution >= 0.6 is 0 Å². The van der Waals surface area contributed by atoms with E-state index in [1.54, 1.807) is 6.07 Å². The van der Waals surface area contributed by atoms with Crippen LogP contribution in [-0.4, -0.2) is 39.8 Å². The molecule has 0 radical (unpaired) electrons. The Kier molecular flexibility index (Phi) is 8.08. The van der Waals surface area contributed by atoms with Gasteiger partial charge >= 0.3 is 0 Å². The lowest BCUT2D eigenvalue weighted by Crippen LogP contribution is -2.37. The van der Waals surface area contributed by atoms with Gasteiger partial charge < -0.3 is 10.1 Å². The van der Waals surface area contributed by atoms with Crippen molar-refractivity contribution in [2.45, 2.75) is 39.7 Å². The number of para-hydroxylation sites is 1. The van der Waals surface area contributed by atoms with E-state index < -0.39 is 10.0 Å². The Morgan fingerprint density at radius 2 is 1.79 bits per heavy atom. The van der Waals surface area contributed by atoms with Crippen LogP contribution in [0.2, 0.25) is 0 Å². The lowest BCUT2D eigenvalue weighted by atomic mass is 10.1. The van der Waals surface area contributed by atoms with Gasteiger partial charge in [-0.1, -0.05) is 30.3 Å². The van der Waals surface area contributed by atoms with Gasteiger partial charge in [0.1, 0.15) is 12.4 Å². The van der Waals surface area contributed by atoms with Crippen molar-refractivity contribution in [3.8, 4) is 5.75 Å². The highest BCUT2D eigenvalue weighted by Crippen LogP contribution is 2.25. The third-order valence-corrected chi connectivity index (χ3v) is 5.84. The Labute approximate surface area is 173 Å². The van der Waals surface area contributed by atoms with E-state index in [-0.39, 0.29) is 24.9 Å². The molecule has 1 N–H and O–H groups in total.